The van der Waals surface area contributed by atoms with Gasteiger partial charge in [0.05, 0.1) is 24.0 Å². The molecule has 1 aliphatic rings. The van der Waals surface area contributed by atoms with Crippen LogP contribution in [0.15, 0.2) is 67.0 Å². The van der Waals surface area contributed by atoms with Gasteiger partial charge < -0.3 is 5.32 Å². The standard InChI is InChI=1S/C25H23N5O2/c1-16-10-17(2)12-19(11-16)27-23(31)13-22-24(32)29(15-18-6-5-9-26-14-18)25-28-20-7-3-4-8-21(20)30(22)25/h3-12,14,22H,13,15H2,1-2H3,(H,27,31)/t22-/m1/s1. The molecule has 2 aromatic heterocycles. The lowest BCUT2D eigenvalue weighted by Crippen LogP contribution is -2.31. The number of rotatable bonds is 5. The SMILES string of the molecule is Cc1cc(C)cc(NC(=O)C[C@@H]2C(=O)N(Cc3cccnc3)c3nc4ccccc4n32)c1. The van der Waals surface area contributed by atoms with E-state index < -0.39 is 6.04 Å². The van der Waals surface area contributed by atoms with Gasteiger partial charge in [0.25, 0.3) is 5.91 Å². The van der Waals surface area contributed by atoms with Gasteiger partial charge in [0.1, 0.15) is 6.04 Å². The number of carbonyl (C=O) groups excluding carboxylic acids is 2. The van der Waals surface area contributed by atoms with Crippen LogP contribution >= 0.6 is 0 Å². The molecule has 0 unspecified atom stereocenters. The second kappa shape index (κ2) is 7.92. The molecule has 0 radical (unpaired) electrons. The van der Waals surface area contributed by atoms with Crippen molar-refractivity contribution < 1.29 is 9.59 Å². The monoisotopic (exact) mass is 425 g/mol. The maximum Gasteiger partial charge on any atom is 0.253 e. The molecule has 1 N–H and O–H groups in total. The zero-order valence-corrected chi connectivity index (χ0v) is 17.9. The van der Waals surface area contributed by atoms with Crippen LogP contribution in [0.4, 0.5) is 11.6 Å². The van der Waals surface area contributed by atoms with Crippen LogP contribution in [0.3, 0.4) is 0 Å². The van der Waals surface area contributed by atoms with Gasteiger partial charge >= 0.3 is 0 Å². The molecule has 0 saturated carbocycles. The molecule has 5 rings (SSSR count). The lowest BCUT2D eigenvalue weighted by Gasteiger charge is -2.16. The lowest BCUT2D eigenvalue weighted by molar-refractivity contribution is -0.124. The number of nitrogens with zero attached hydrogens (tertiary/aromatic N) is 4. The van der Waals surface area contributed by atoms with Crippen molar-refractivity contribution in [2.75, 3.05) is 10.2 Å². The molecule has 2 aromatic carbocycles. The third kappa shape index (κ3) is 3.62. The largest absolute Gasteiger partial charge is 0.326 e. The Hall–Kier alpha value is -4.00. The number of nitrogens with one attached hydrogen (secondary N) is 1. The predicted octanol–water partition coefficient (Wildman–Crippen LogP) is 4.16. The average molecular weight is 425 g/mol. The fourth-order valence-electron chi connectivity index (χ4n) is 4.35. The van der Waals surface area contributed by atoms with Gasteiger partial charge in [0.2, 0.25) is 11.9 Å². The van der Waals surface area contributed by atoms with Gasteiger partial charge in [0.15, 0.2) is 0 Å². The van der Waals surface area contributed by atoms with E-state index in [9.17, 15) is 9.59 Å². The molecule has 7 nitrogen and oxygen atoms in total. The molecule has 3 heterocycles. The van der Waals surface area contributed by atoms with E-state index in [2.05, 4.69) is 16.4 Å². The number of imidazole rings is 1. The molecule has 0 saturated heterocycles. The zero-order valence-electron chi connectivity index (χ0n) is 17.9. The van der Waals surface area contributed by atoms with E-state index in [1.54, 1.807) is 17.3 Å². The molecular formula is C25H23N5O2. The number of aryl methyl sites for hydroxylation is 2. The van der Waals surface area contributed by atoms with Crippen LogP contribution in [0.2, 0.25) is 0 Å². The first-order valence-corrected chi connectivity index (χ1v) is 10.5. The summed E-state index contributed by atoms with van der Waals surface area (Å²) in [5.41, 5.74) is 5.42. The van der Waals surface area contributed by atoms with Gasteiger partial charge in [-0.15, -0.1) is 0 Å². The Labute approximate surface area is 185 Å². The normalized spacial score (nSPS) is 15.2. The number of hydrogen-bond donors (Lipinski definition) is 1. The molecule has 32 heavy (non-hydrogen) atoms. The second-order valence-electron chi connectivity index (χ2n) is 8.20. The zero-order chi connectivity index (χ0) is 22.2. The summed E-state index contributed by atoms with van der Waals surface area (Å²) in [6.45, 7) is 4.33. The maximum absolute atomic E-state index is 13.4. The van der Waals surface area contributed by atoms with Crippen LogP contribution in [0.1, 0.15) is 29.2 Å². The number of amides is 2. The lowest BCUT2D eigenvalue weighted by atomic mass is 10.1. The molecular weight excluding hydrogens is 402 g/mol. The Morgan fingerprint density at radius 1 is 1.06 bits per heavy atom. The van der Waals surface area contributed by atoms with E-state index in [-0.39, 0.29) is 18.2 Å². The number of pyridine rings is 1. The minimum Gasteiger partial charge on any atom is -0.326 e. The Balaban J connectivity index is 1.47. The number of hydrogen-bond acceptors (Lipinski definition) is 4. The molecule has 1 atom stereocenters. The van der Waals surface area contributed by atoms with Crippen molar-refractivity contribution in [2.24, 2.45) is 0 Å². The quantitative estimate of drug-likeness (QED) is 0.521. The first kappa shape index (κ1) is 19.9. The van der Waals surface area contributed by atoms with Gasteiger partial charge in [-0.25, -0.2) is 4.98 Å². The highest BCUT2D eigenvalue weighted by atomic mass is 16.2. The summed E-state index contributed by atoms with van der Waals surface area (Å²) in [6.07, 6.45) is 3.47. The number of aromatic nitrogens is 3. The van der Waals surface area contributed by atoms with Gasteiger partial charge in [-0.3, -0.25) is 24.0 Å². The van der Waals surface area contributed by atoms with Crippen molar-refractivity contribution in [2.45, 2.75) is 32.9 Å². The van der Waals surface area contributed by atoms with E-state index in [1.807, 2.05) is 66.9 Å². The first-order chi connectivity index (χ1) is 15.5. The Kier molecular flexibility index (Phi) is 4.93. The number of carbonyl (C=O) groups is 2. The van der Waals surface area contributed by atoms with Crippen LogP contribution in [-0.2, 0) is 16.1 Å². The molecule has 2 amide bonds. The van der Waals surface area contributed by atoms with Crippen molar-refractivity contribution in [3.05, 3.63) is 83.7 Å². The average Bonchev–Trinajstić information content (AvgIpc) is 3.24. The smallest absolute Gasteiger partial charge is 0.253 e. The van der Waals surface area contributed by atoms with Crippen molar-refractivity contribution in [1.82, 2.24) is 14.5 Å². The minimum atomic E-state index is -0.653. The van der Waals surface area contributed by atoms with E-state index in [0.29, 0.717) is 12.5 Å². The van der Waals surface area contributed by atoms with Crippen LogP contribution in [0.25, 0.3) is 11.0 Å². The summed E-state index contributed by atoms with van der Waals surface area (Å²) < 4.78 is 1.88. The molecule has 7 heteroatoms. The Bertz CT molecular complexity index is 1310. The van der Waals surface area contributed by atoms with Gasteiger partial charge in [0, 0.05) is 18.1 Å². The summed E-state index contributed by atoms with van der Waals surface area (Å²) >= 11 is 0. The van der Waals surface area contributed by atoms with Crippen molar-refractivity contribution >= 4 is 34.5 Å². The summed E-state index contributed by atoms with van der Waals surface area (Å²) in [7, 11) is 0. The fourth-order valence-corrected chi connectivity index (χ4v) is 4.35. The van der Waals surface area contributed by atoms with Crippen LogP contribution in [0.5, 0.6) is 0 Å². The molecule has 1 aliphatic heterocycles. The first-order valence-electron chi connectivity index (χ1n) is 10.5. The molecule has 160 valence electrons. The topological polar surface area (TPSA) is 80.1 Å². The highest BCUT2D eigenvalue weighted by Crippen LogP contribution is 2.37. The molecule has 0 fully saturated rings. The predicted molar refractivity (Wildman–Crippen MR) is 123 cm³/mol. The maximum atomic E-state index is 13.4. The highest BCUT2D eigenvalue weighted by molar-refractivity contribution is 6.05. The third-order valence-electron chi connectivity index (χ3n) is 5.63. The van der Waals surface area contributed by atoms with Crippen molar-refractivity contribution in [3.63, 3.8) is 0 Å². The van der Waals surface area contributed by atoms with E-state index >= 15 is 0 Å². The Morgan fingerprint density at radius 3 is 2.59 bits per heavy atom. The summed E-state index contributed by atoms with van der Waals surface area (Å²) in [6, 6.07) is 16.7. The number of anilines is 2. The minimum absolute atomic E-state index is 0.0305. The number of benzene rings is 2. The molecule has 0 aliphatic carbocycles. The highest BCUT2D eigenvalue weighted by Gasteiger charge is 2.40. The number of fused-ring (bicyclic) bond motifs is 3. The van der Waals surface area contributed by atoms with Crippen LogP contribution in [0, 0.1) is 13.8 Å². The number of para-hydroxylation sites is 2. The van der Waals surface area contributed by atoms with E-state index in [1.165, 1.54) is 0 Å². The van der Waals surface area contributed by atoms with Crippen molar-refractivity contribution in [3.8, 4) is 0 Å². The van der Waals surface area contributed by atoms with Gasteiger partial charge in [-0.1, -0.05) is 24.3 Å². The van der Waals surface area contributed by atoms with Crippen LogP contribution in [-0.4, -0.2) is 26.3 Å². The Morgan fingerprint density at radius 2 is 1.84 bits per heavy atom. The molecule has 0 spiro atoms. The van der Waals surface area contributed by atoms with Gasteiger partial charge in [-0.2, -0.15) is 0 Å². The van der Waals surface area contributed by atoms with Crippen molar-refractivity contribution in [1.29, 1.82) is 0 Å². The second-order valence-corrected chi connectivity index (χ2v) is 8.20. The summed E-state index contributed by atoms with van der Waals surface area (Å²) in [5.74, 6) is 0.210. The molecule has 0 bridgehead atoms. The summed E-state index contributed by atoms with van der Waals surface area (Å²) in [5, 5.41) is 2.95. The van der Waals surface area contributed by atoms with Gasteiger partial charge in [-0.05, 0) is 60.9 Å². The summed E-state index contributed by atoms with van der Waals surface area (Å²) in [4.78, 5) is 36.9. The molecule has 4 aromatic rings. The van der Waals surface area contributed by atoms with Crippen LogP contribution < -0.4 is 10.2 Å². The van der Waals surface area contributed by atoms with E-state index in [0.717, 1.165) is 33.4 Å². The fraction of sp³-hybridized carbons (Fsp3) is 0.200. The van der Waals surface area contributed by atoms with E-state index in [4.69, 9.17) is 4.98 Å². The third-order valence-corrected chi connectivity index (χ3v) is 5.63.